The van der Waals surface area contributed by atoms with Crippen LogP contribution in [0.15, 0.2) is 30.3 Å². The highest BCUT2D eigenvalue weighted by Crippen LogP contribution is 2.18. The molecule has 0 aliphatic rings. The van der Waals surface area contributed by atoms with Gasteiger partial charge in [-0.15, -0.1) is 0 Å². The maximum absolute atomic E-state index is 11.4. The Morgan fingerprint density at radius 2 is 2.00 bits per heavy atom. The van der Waals surface area contributed by atoms with Crippen LogP contribution in [-0.4, -0.2) is 37.9 Å². The molecule has 0 saturated heterocycles. The van der Waals surface area contributed by atoms with E-state index in [2.05, 4.69) is 10.6 Å². The molecule has 1 atom stereocenters. The third-order valence-corrected chi connectivity index (χ3v) is 2.58. The molecule has 0 aromatic heterocycles. The Hall–Kier alpha value is -1.59. The van der Waals surface area contributed by atoms with E-state index < -0.39 is 5.60 Å². The standard InChI is InChI=1S/C13H20N2O3/c1-13(17,11-6-4-3-5-7-11)10-15-12(16)14-8-9-18-2/h3-7,17H,8-10H2,1-2H3,(H2,14,15,16). The first-order chi connectivity index (χ1) is 8.56. The molecule has 0 fully saturated rings. The molecule has 0 bridgehead atoms. The fourth-order valence-electron chi connectivity index (χ4n) is 1.48. The summed E-state index contributed by atoms with van der Waals surface area (Å²) in [6.07, 6.45) is 0. The van der Waals surface area contributed by atoms with Crippen LogP contribution >= 0.6 is 0 Å². The van der Waals surface area contributed by atoms with Gasteiger partial charge in [0.1, 0.15) is 5.60 Å². The van der Waals surface area contributed by atoms with Crippen molar-refractivity contribution in [3.63, 3.8) is 0 Å². The molecular formula is C13H20N2O3. The summed E-state index contributed by atoms with van der Waals surface area (Å²) in [5, 5.41) is 15.5. The number of amides is 2. The highest BCUT2D eigenvalue weighted by molar-refractivity contribution is 5.73. The van der Waals surface area contributed by atoms with Crippen molar-refractivity contribution in [2.75, 3.05) is 26.8 Å². The maximum Gasteiger partial charge on any atom is 0.314 e. The van der Waals surface area contributed by atoms with Gasteiger partial charge in [-0.25, -0.2) is 4.79 Å². The smallest absolute Gasteiger partial charge is 0.314 e. The van der Waals surface area contributed by atoms with Gasteiger partial charge in [0.05, 0.1) is 13.2 Å². The molecule has 1 aromatic carbocycles. The Morgan fingerprint density at radius 1 is 1.33 bits per heavy atom. The number of methoxy groups -OCH3 is 1. The molecule has 0 spiro atoms. The zero-order valence-corrected chi connectivity index (χ0v) is 10.8. The largest absolute Gasteiger partial charge is 0.384 e. The fourth-order valence-corrected chi connectivity index (χ4v) is 1.48. The van der Waals surface area contributed by atoms with Gasteiger partial charge < -0.3 is 20.5 Å². The van der Waals surface area contributed by atoms with Crippen molar-refractivity contribution in [1.82, 2.24) is 10.6 Å². The first-order valence-corrected chi connectivity index (χ1v) is 5.85. The third-order valence-electron chi connectivity index (χ3n) is 2.58. The normalized spacial score (nSPS) is 13.7. The number of carbonyl (C=O) groups is 1. The van der Waals surface area contributed by atoms with Crippen LogP contribution in [0.4, 0.5) is 4.79 Å². The average Bonchev–Trinajstić information content (AvgIpc) is 2.38. The summed E-state index contributed by atoms with van der Waals surface area (Å²) < 4.78 is 4.82. The van der Waals surface area contributed by atoms with E-state index in [0.29, 0.717) is 13.2 Å². The summed E-state index contributed by atoms with van der Waals surface area (Å²) in [4.78, 5) is 11.4. The van der Waals surface area contributed by atoms with Crippen molar-refractivity contribution in [3.05, 3.63) is 35.9 Å². The van der Waals surface area contributed by atoms with Crippen LogP contribution in [-0.2, 0) is 10.3 Å². The van der Waals surface area contributed by atoms with E-state index in [-0.39, 0.29) is 12.6 Å². The zero-order chi connectivity index (χ0) is 13.4. The predicted octanol–water partition coefficient (Wildman–Crippen LogP) is 0.840. The molecule has 18 heavy (non-hydrogen) atoms. The molecule has 0 saturated carbocycles. The Bertz CT molecular complexity index is 366. The topological polar surface area (TPSA) is 70.6 Å². The van der Waals surface area contributed by atoms with E-state index >= 15 is 0 Å². The summed E-state index contributed by atoms with van der Waals surface area (Å²) in [6, 6.07) is 8.91. The Morgan fingerprint density at radius 3 is 2.61 bits per heavy atom. The van der Waals surface area contributed by atoms with Gasteiger partial charge in [-0.2, -0.15) is 0 Å². The van der Waals surface area contributed by atoms with Gasteiger partial charge in [0.25, 0.3) is 0 Å². The van der Waals surface area contributed by atoms with E-state index in [9.17, 15) is 9.90 Å². The zero-order valence-electron chi connectivity index (χ0n) is 10.8. The van der Waals surface area contributed by atoms with Gasteiger partial charge in [-0.3, -0.25) is 0 Å². The minimum Gasteiger partial charge on any atom is -0.384 e. The monoisotopic (exact) mass is 252 g/mol. The molecule has 100 valence electrons. The van der Waals surface area contributed by atoms with E-state index in [1.54, 1.807) is 14.0 Å². The van der Waals surface area contributed by atoms with Gasteiger partial charge in [0.15, 0.2) is 0 Å². The summed E-state index contributed by atoms with van der Waals surface area (Å²) in [6.45, 7) is 2.71. The van der Waals surface area contributed by atoms with Gasteiger partial charge in [-0.1, -0.05) is 30.3 Å². The number of hydrogen-bond donors (Lipinski definition) is 3. The van der Waals surface area contributed by atoms with Crippen molar-refractivity contribution >= 4 is 6.03 Å². The van der Waals surface area contributed by atoms with Gasteiger partial charge in [0.2, 0.25) is 0 Å². The van der Waals surface area contributed by atoms with Gasteiger partial charge in [0, 0.05) is 13.7 Å². The Kier molecular flexibility index (Phi) is 5.61. The molecule has 1 aromatic rings. The molecule has 5 heteroatoms. The lowest BCUT2D eigenvalue weighted by atomic mass is 9.96. The highest BCUT2D eigenvalue weighted by atomic mass is 16.5. The highest BCUT2D eigenvalue weighted by Gasteiger charge is 2.23. The van der Waals surface area contributed by atoms with Crippen molar-refractivity contribution in [2.45, 2.75) is 12.5 Å². The Balaban J connectivity index is 2.40. The van der Waals surface area contributed by atoms with E-state index in [1.165, 1.54) is 0 Å². The number of urea groups is 1. The van der Waals surface area contributed by atoms with Gasteiger partial charge >= 0.3 is 6.03 Å². The number of hydrogen-bond acceptors (Lipinski definition) is 3. The molecule has 5 nitrogen and oxygen atoms in total. The summed E-state index contributed by atoms with van der Waals surface area (Å²) >= 11 is 0. The number of aliphatic hydroxyl groups is 1. The number of ether oxygens (including phenoxy) is 1. The van der Waals surface area contributed by atoms with E-state index in [4.69, 9.17) is 4.74 Å². The van der Waals surface area contributed by atoms with Crippen LogP contribution < -0.4 is 10.6 Å². The van der Waals surface area contributed by atoms with Crippen molar-refractivity contribution in [1.29, 1.82) is 0 Å². The molecule has 1 unspecified atom stereocenters. The first kappa shape index (κ1) is 14.5. The Labute approximate surface area is 107 Å². The number of rotatable bonds is 6. The molecule has 2 amide bonds. The van der Waals surface area contributed by atoms with E-state index in [0.717, 1.165) is 5.56 Å². The number of benzene rings is 1. The lowest BCUT2D eigenvalue weighted by molar-refractivity contribution is 0.0593. The van der Waals surface area contributed by atoms with E-state index in [1.807, 2.05) is 30.3 Å². The minimum atomic E-state index is -1.08. The first-order valence-electron chi connectivity index (χ1n) is 5.85. The van der Waals surface area contributed by atoms with Crippen molar-refractivity contribution < 1.29 is 14.6 Å². The van der Waals surface area contributed by atoms with Crippen LogP contribution in [0.25, 0.3) is 0 Å². The molecular weight excluding hydrogens is 232 g/mol. The fraction of sp³-hybridized carbons (Fsp3) is 0.462. The molecule has 0 aliphatic carbocycles. The minimum absolute atomic E-state index is 0.149. The quantitative estimate of drug-likeness (QED) is 0.657. The summed E-state index contributed by atoms with van der Waals surface area (Å²) in [5.41, 5.74) is -0.318. The number of nitrogens with one attached hydrogen (secondary N) is 2. The molecule has 0 heterocycles. The maximum atomic E-state index is 11.4. The second kappa shape index (κ2) is 6.98. The molecule has 0 radical (unpaired) electrons. The number of carbonyl (C=O) groups excluding carboxylic acids is 1. The summed E-state index contributed by atoms with van der Waals surface area (Å²) in [7, 11) is 1.57. The summed E-state index contributed by atoms with van der Waals surface area (Å²) in [5.74, 6) is 0. The van der Waals surface area contributed by atoms with Crippen molar-refractivity contribution in [2.24, 2.45) is 0 Å². The molecule has 3 N–H and O–H groups in total. The third kappa shape index (κ3) is 4.73. The SMILES string of the molecule is COCCNC(=O)NCC(C)(O)c1ccccc1. The van der Waals surface area contributed by atoms with Crippen LogP contribution in [0, 0.1) is 0 Å². The van der Waals surface area contributed by atoms with Gasteiger partial charge in [-0.05, 0) is 12.5 Å². The second-order valence-electron chi connectivity index (χ2n) is 4.24. The van der Waals surface area contributed by atoms with Crippen LogP contribution in [0.2, 0.25) is 0 Å². The predicted molar refractivity (Wildman–Crippen MR) is 69.3 cm³/mol. The van der Waals surface area contributed by atoms with Crippen molar-refractivity contribution in [3.8, 4) is 0 Å². The van der Waals surface area contributed by atoms with Crippen LogP contribution in [0.5, 0.6) is 0 Å². The lowest BCUT2D eigenvalue weighted by Gasteiger charge is -2.24. The lowest BCUT2D eigenvalue weighted by Crippen LogP contribution is -2.44. The second-order valence-corrected chi connectivity index (χ2v) is 4.24. The average molecular weight is 252 g/mol. The molecule has 1 rings (SSSR count). The molecule has 0 aliphatic heterocycles. The van der Waals surface area contributed by atoms with Crippen LogP contribution in [0.3, 0.4) is 0 Å². The van der Waals surface area contributed by atoms with Crippen LogP contribution in [0.1, 0.15) is 12.5 Å².